The minimum atomic E-state index is -0.352. The largest absolute Gasteiger partial charge is 0.455 e. The number of aryl methyl sites for hydroxylation is 1. The average molecular weight is 349 g/mol. The highest BCUT2D eigenvalue weighted by Gasteiger charge is 2.11. The summed E-state index contributed by atoms with van der Waals surface area (Å²) < 4.78 is 10.0. The van der Waals surface area contributed by atoms with Crippen LogP contribution in [0.5, 0.6) is 0 Å². The summed E-state index contributed by atoms with van der Waals surface area (Å²) in [5, 5.41) is 6.29. The predicted molar refractivity (Wildman–Crippen MR) is 88.5 cm³/mol. The van der Waals surface area contributed by atoms with E-state index in [9.17, 15) is 4.79 Å². The third-order valence-corrected chi connectivity index (χ3v) is 4.43. The lowest BCUT2D eigenvalue weighted by Crippen LogP contribution is -2.07. The van der Waals surface area contributed by atoms with Gasteiger partial charge in [0.1, 0.15) is 0 Å². The number of benzene rings is 2. The zero-order valence-corrected chi connectivity index (χ0v) is 13.9. The standard InChI is InChI=1S/C16H13ClN2O3S/c1-10-18-14(22-19-10)8-21-15(20)9-23-13-7-3-5-11-4-2-6-12(17)16(11)13/h2-7H,8-9H2,1H3. The van der Waals surface area contributed by atoms with Crippen LogP contribution in [0.2, 0.25) is 5.02 Å². The van der Waals surface area contributed by atoms with Crippen molar-refractivity contribution in [2.75, 3.05) is 5.75 Å². The summed E-state index contributed by atoms with van der Waals surface area (Å²) >= 11 is 7.65. The summed E-state index contributed by atoms with van der Waals surface area (Å²) in [5.74, 6) is 0.622. The van der Waals surface area contributed by atoms with Crippen LogP contribution in [0.1, 0.15) is 11.7 Å². The van der Waals surface area contributed by atoms with Gasteiger partial charge < -0.3 is 9.26 Å². The number of halogens is 1. The van der Waals surface area contributed by atoms with E-state index in [1.165, 1.54) is 11.8 Å². The van der Waals surface area contributed by atoms with Crippen molar-refractivity contribution in [1.82, 2.24) is 10.1 Å². The molecule has 0 atom stereocenters. The van der Waals surface area contributed by atoms with E-state index in [2.05, 4.69) is 10.1 Å². The molecule has 0 saturated heterocycles. The van der Waals surface area contributed by atoms with Crippen molar-refractivity contribution in [3.63, 3.8) is 0 Å². The van der Waals surface area contributed by atoms with Crippen molar-refractivity contribution in [2.45, 2.75) is 18.4 Å². The van der Waals surface area contributed by atoms with E-state index in [0.717, 1.165) is 15.7 Å². The smallest absolute Gasteiger partial charge is 0.316 e. The number of nitrogens with zero attached hydrogens (tertiary/aromatic N) is 2. The lowest BCUT2D eigenvalue weighted by atomic mass is 10.1. The second kappa shape index (κ2) is 7.02. The molecule has 0 aliphatic heterocycles. The Hall–Kier alpha value is -2.05. The van der Waals surface area contributed by atoms with Gasteiger partial charge in [0.05, 0.1) is 5.75 Å². The van der Waals surface area contributed by atoms with Crippen molar-refractivity contribution in [3.8, 4) is 0 Å². The topological polar surface area (TPSA) is 65.2 Å². The molecule has 0 aliphatic carbocycles. The van der Waals surface area contributed by atoms with Crippen LogP contribution in [0.4, 0.5) is 0 Å². The molecule has 3 aromatic rings. The van der Waals surface area contributed by atoms with Gasteiger partial charge in [0.25, 0.3) is 5.89 Å². The number of rotatable bonds is 5. The number of carbonyl (C=O) groups is 1. The monoisotopic (exact) mass is 348 g/mol. The fourth-order valence-electron chi connectivity index (χ4n) is 2.10. The van der Waals surface area contributed by atoms with E-state index < -0.39 is 0 Å². The molecule has 0 amide bonds. The molecular weight excluding hydrogens is 336 g/mol. The number of fused-ring (bicyclic) bond motifs is 1. The van der Waals surface area contributed by atoms with Gasteiger partial charge in [-0.05, 0) is 24.4 Å². The maximum atomic E-state index is 11.9. The van der Waals surface area contributed by atoms with Crippen molar-refractivity contribution in [3.05, 3.63) is 53.1 Å². The quantitative estimate of drug-likeness (QED) is 0.512. The van der Waals surface area contributed by atoms with E-state index in [0.29, 0.717) is 10.8 Å². The summed E-state index contributed by atoms with van der Waals surface area (Å²) in [6, 6.07) is 11.6. The number of hydrogen-bond donors (Lipinski definition) is 0. The number of thioether (sulfide) groups is 1. The Labute approximate surface area is 142 Å². The number of ether oxygens (including phenoxy) is 1. The Balaban J connectivity index is 1.63. The van der Waals surface area contributed by atoms with Gasteiger partial charge in [0, 0.05) is 15.3 Å². The minimum Gasteiger partial charge on any atom is -0.455 e. The lowest BCUT2D eigenvalue weighted by molar-refractivity contribution is -0.142. The summed E-state index contributed by atoms with van der Waals surface area (Å²) in [6.07, 6.45) is 0. The maximum Gasteiger partial charge on any atom is 0.316 e. The molecular formula is C16H13ClN2O3S. The summed E-state index contributed by atoms with van der Waals surface area (Å²) in [4.78, 5) is 16.8. The number of aromatic nitrogens is 2. The van der Waals surface area contributed by atoms with E-state index >= 15 is 0 Å². The van der Waals surface area contributed by atoms with Gasteiger partial charge in [-0.1, -0.05) is 41.0 Å². The van der Waals surface area contributed by atoms with Crippen LogP contribution in [0.3, 0.4) is 0 Å². The third kappa shape index (κ3) is 3.83. The summed E-state index contributed by atoms with van der Waals surface area (Å²) in [5.41, 5.74) is 0. The molecule has 7 heteroatoms. The molecule has 0 fully saturated rings. The Bertz CT molecular complexity index is 845. The van der Waals surface area contributed by atoms with Gasteiger partial charge in [-0.15, -0.1) is 11.8 Å². The number of esters is 1. The first-order valence-corrected chi connectivity index (χ1v) is 8.24. The maximum absolute atomic E-state index is 11.9. The third-order valence-electron chi connectivity index (χ3n) is 3.09. The molecule has 23 heavy (non-hydrogen) atoms. The molecule has 118 valence electrons. The van der Waals surface area contributed by atoms with Gasteiger partial charge in [0.2, 0.25) is 0 Å². The van der Waals surface area contributed by atoms with E-state index in [-0.39, 0.29) is 24.2 Å². The number of hydrogen-bond acceptors (Lipinski definition) is 6. The highest BCUT2D eigenvalue weighted by Crippen LogP contribution is 2.33. The Kier molecular flexibility index (Phi) is 4.83. The van der Waals surface area contributed by atoms with Gasteiger partial charge in [-0.3, -0.25) is 4.79 Å². The SMILES string of the molecule is Cc1noc(COC(=O)CSc2cccc3cccc(Cl)c23)n1. The Morgan fingerprint density at radius 2 is 2.09 bits per heavy atom. The lowest BCUT2D eigenvalue weighted by Gasteiger charge is -2.07. The van der Waals surface area contributed by atoms with Gasteiger partial charge in [-0.25, -0.2) is 0 Å². The van der Waals surface area contributed by atoms with Crippen molar-refractivity contribution >= 4 is 40.1 Å². The molecule has 0 saturated carbocycles. The van der Waals surface area contributed by atoms with Crippen LogP contribution in [0.15, 0.2) is 45.8 Å². The summed E-state index contributed by atoms with van der Waals surface area (Å²) in [7, 11) is 0. The normalized spacial score (nSPS) is 10.9. The van der Waals surface area contributed by atoms with E-state index in [1.54, 1.807) is 6.92 Å². The van der Waals surface area contributed by atoms with Gasteiger partial charge >= 0.3 is 5.97 Å². The van der Waals surface area contributed by atoms with Crippen LogP contribution < -0.4 is 0 Å². The van der Waals surface area contributed by atoms with Crippen molar-refractivity contribution in [1.29, 1.82) is 0 Å². The first kappa shape index (κ1) is 15.8. The van der Waals surface area contributed by atoms with E-state index in [4.69, 9.17) is 20.9 Å². The zero-order valence-electron chi connectivity index (χ0n) is 12.3. The van der Waals surface area contributed by atoms with Crippen LogP contribution in [0, 0.1) is 6.92 Å². The molecule has 0 unspecified atom stereocenters. The highest BCUT2D eigenvalue weighted by molar-refractivity contribution is 8.00. The predicted octanol–water partition coefficient (Wildman–Crippen LogP) is 4.02. The molecule has 0 bridgehead atoms. The first-order valence-electron chi connectivity index (χ1n) is 6.88. The molecule has 1 heterocycles. The molecule has 5 nitrogen and oxygen atoms in total. The average Bonchev–Trinajstić information content (AvgIpc) is 2.96. The fourth-order valence-corrected chi connectivity index (χ4v) is 3.34. The fraction of sp³-hybridized carbons (Fsp3) is 0.188. The van der Waals surface area contributed by atoms with E-state index in [1.807, 2.05) is 36.4 Å². The van der Waals surface area contributed by atoms with Crippen molar-refractivity contribution < 1.29 is 14.1 Å². The molecule has 3 rings (SSSR count). The van der Waals surface area contributed by atoms with Crippen LogP contribution in [0.25, 0.3) is 10.8 Å². The molecule has 0 aliphatic rings. The van der Waals surface area contributed by atoms with Gasteiger partial charge in [-0.2, -0.15) is 4.98 Å². The Morgan fingerprint density at radius 1 is 1.30 bits per heavy atom. The molecule has 1 aromatic heterocycles. The second-order valence-corrected chi connectivity index (χ2v) is 6.20. The highest BCUT2D eigenvalue weighted by atomic mass is 35.5. The number of carbonyl (C=O) groups excluding carboxylic acids is 1. The molecule has 0 N–H and O–H groups in total. The van der Waals surface area contributed by atoms with Crippen LogP contribution in [-0.2, 0) is 16.1 Å². The molecule has 0 radical (unpaired) electrons. The molecule has 0 spiro atoms. The van der Waals surface area contributed by atoms with Crippen molar-refractivity contribution in [2.24, 2.45) is 0 Å². The van der Waals surface area contributed by atoms with Crippen LogP contribution >= 0.6 is 23.4 Å². The summed E-state index contributed by atoms with van der Waals surface area (Å²) in [6.45, 7) is 1.69. The molecule has 2 aromatic carbocycles. The zero-order chi connectivity index (χ0) is 16.2. The van der Waals surface area contributed by atoms with Crippen LogP contribution in [-0.4, -0.2) is 21.9 Å². The second-order valence-electron chi connectivity index (χ2n) is 4.78. The minimum absolute atomic E-state index is 0.0173. The van der Waals surface area contributed by atoms with Gasteiger partial charge in [0.15, 0.2) is 12.4 Å². The Morgan fingerprint density at radius 3 is 2.83 bits per heavy atom. The first-order chi connectivity index (χ1) is 11.1.